The zero-order valence-corrected chi connectivity index (χ0v) is 14.3. The van der Waals surface area contributed by atoms with Gasteiger partial charge in [0, 0.05) is 29.6 Å². The Morgan fingerprint density at radius 1 is 1.18 bits per heavy atom. The Kier molecular flexibility index (Phi) is 7.84. The number of rotatable bonds is 4. The van der Waals surface area contributed by atoms with Gasteiger partial charge in [-0.2, -0.15) is 13.2 Å². The number of alkyl halides is 3. The fourth-order valence-electron chi connectivity index (χ4n) is 2.15. The number of hydrogen-bond donors (Lipinski definition) is 2. The lowest BCUT2D eigenvalue weighted by molar-refractivity contribution is -0.145. The van der Waals surface area contributed by atoms with Gasteiger partial charge in [-0.1, -0.05) is 6.07 Å². The second kappa shape index (κ2) is 10.1. The van der Waals surface area contributed by atoms with E-state index in [1.807, 2.05) is 0 Å². The van der Waals surface area contributed by atoms with Gasteiger partial charge in [-0.25, -0.2) is 9.97 Å². The van der Waals surface area contributed by atoms with Crippen LogP contribution >= 0.6 is 0 Å². The topological polar surface area (TPSA) is 107 Å². The van der Waals surface area contributed by atoms with E-state index in [0.717, 1.165) is 18.2 Å². The third kappa shape index (κ3) is 6.55. The molecule has 0 amide bonds. The van der Waals surface area contributed by atoms with Crippen molar-refractivity contribution in [3.05, 3.63) is 42.5 Å². The molecule has 8 nitrogen and oxygen atoms in total. The van der Waals surface area contributed by atoms with Gasteiger partial charge >= 0.3 is 6.18 Å². The van der Waals surface area contributed by atoms with Crippen molar-refractivity contribution < 1.29 is 42.3 Å². The molecule has 2 N–H and O–H groups in total. The molecule has 0 bridgehead atoms. The van der Waals surface area contributed by atoms with Gasteiger partial charge in [0.15, 0.2) is 0 Å². The predicted molar refractivity (Wildman–Crippen MR) is 84.9 cm³/mol. The lowest BCUT2D eigenvalue weighted by Gasteiger charge is -2.31. The van der Waals surface area contributed by atoms with Crippen LogP contribution in [0.5, 0.6) is 11.8 Å². The molecule has 3 heterocycles. The number of pyridine rings is 1. The monoisotopic (exact) mass is 407 g/mol. The quantitative estimate of drug-likeness (QED) is 0.738. The highest BCUT2D eigenvalue weighted by atomic mass is 19.4. The molecule has 3 atom stereocenters. The van der Waals surface area contributed by atoms with Gasteiger partial charge < -0.3 is 19.7 Å². The molecule has 2 aromatic rings. The number of ether oxygens (including phenoxy) is 2. The second-order valence-corrected chi connectivity index (χ2v) is 5.55. The van der Waals surface area contributed by atoms with Crippen molar-refractivity contribution in [2.24, 2.45) is 0 Å². The molecule has 3 rings (SSSR count). The number of nitrogens with zero attached hydrogens (tertiary/aromatic N) is 3. The minimum atomic E-state index is -4.57. The molecule has 0 radical (unpaired) electrons. The van der Waals surface area contributed by atoms with Crippen LogP contribution in [-0.2, 0) is 10.9 Å². The molecule has 0 aliphatic carbocycles. The summed E-state index contributed by atoms with van der Waals surface area (Å²) in [6.07, 6.45) is -1.77. The van der Waals surface area contributed by atoms with Gasteiger partial charge in [0.2, 0.25) is 5.88 Å². The average Bonchev–Trinajstić information content (AvgIpc) is 2.70. The highest BCUT2D eigenvalue weighted by Crippen LogP contribution is 2.28. The summed E-state index contributed by atoms with van der Waals surface area (Å²) in [5.74, 6) is -0.330. The van der Waals surface area contributed by atoms with Crippen LogP contribution in [0.3, 0.4) is 0 Å². The van der Waals surface area contributed by atoms with Crippen LogP contribution in [0.2, 0.25) is 0 Å². The molecule has 0 saturated carbocycles. The maximum atomic E-state index is 11.9. The molecule has 28 heavy (non-hydrogen) atoms. The summed E-state index contributed by atoms with van der Waals surface area (Å²) in [5.41, 5.74) is -1.18. The first-order valence-corrected chi connectivity index (χ1v) is 8.00. The Balaban J connectivity index is 0.000000209. The number of aromatic nitrogens is 3. The van der Waals surface area contributed by atoms with Crippen molar-refractivity contribution in [3.8, 4) is 11.8 Å². The molecule has 0 aromatic carbocycles. The Morgan fingerprint density at radius 2 is 1.96 bits per heavy atom. The number of aliphatic hydroxyl groups is 2. The maximum absolute atomic E-state index is 11.9. The minimum absolute atomic E-state index is 0.150. The molecule has 154 valence electrons. The average molecular weight is 407 g/mol. The van der Waals surface area contributed by atoms with E-state index in [-0.39, 0.29) is 6.61 Å². The Bertz CT molecular complexity index is 723. The zero-order valence-electron chi connectivity index (χ0n) is 14.3. The summed E-state index contributed by atoms with van der Waals surface area (Å²) >= 11 is 0. The molecule has 1 fully saturated rings. The molecule has 12 heteroatoms. The van der Waals surface area contributed by atoms with Crippen molar-refractivity contribution in [1.82, 2.24) is 15.0 Å². The summed E-state index contributed by atoms with van der Waals surface area (Å²) < 4.78 is 57.5. The van der Waals surface area contributed by atoms with E-state index in [4.69, 9.17) is 9.47 Å². The SMILES string of the molecule is FOc1cccc(C(F)(F)F)n1.OC1CCOC(COc2cnccn2)C1O. The van der Waals surface area contributed by atoms with Crippen molar-refractivity contribution in [2.45, 2.75) is 30.9 Å². The van der Waals surface area contributed by atoms with Crippen molar-refractivity contribution in [3.63, 3.8) is 0 Å². The predicted octanol–water partition coefficient (Wildman–Crippen LogP) is 1.73. The summed E-state index contributed by atoms with van der Waals surface area (Å²) in [4.78, 5) is 13.6. The van der Waals surface area contributed by atoms with Gasteiger partial charge in [0.05, 0.1) is 12.3 Å². The molecule has 1 saturated heterocycles. The maximum Gasteiger partial charge on any atom is 0.433 e. The summed E-state index contributed by atoms with van der Waals surface area (Å²) in [6.45, 7) is 0.573. The number of hydrogen-bond acceptors (Lipinski definition) is 8. The van der Waals surface area contributed by atoms with Crippen LogP contribution in [-0.4, -0.2) is 56.7 Å². The van der Waals surface area contributed by atoms with Gasteiger partial charge in [0.1, 0.15) is 24.5 Å². The minimum Gasteiger partial charge on any atom is -0.474 e. The fourth-order valence-corrected chi connectivity index (χ4v) is 2.15. The molecular formula is C16H17F4N3O5. The molecule has 1 aliphatic rings. The van der Waals surface area contributed by atoms with E-state index in [1.165, 1.54) is 12.4 Å². The first-order valence-electron chi connectivity index (χ1n) is 8.00. The second-order valence-electron chi connectivity index (χ2n) is 5.55. The Morgan fingerprint density at radius 3 is 2.61 bits per heavy atom. The summed E-state index contributed by atoms with van der Waals surface area (Å²) in [7, 11) is 0. The van der Waals surface area contributed by atoms with Crippen molar-refractivity contribution in [2.75, 3.05) is 13.2 Å². The summed E-state index contributed by atoms with van der Waals surface area (Å²) in [6, 6.07) is 2.71. The Labute approximate surface area is 156 Å². The largest absolute Gasteiger partial charge is 0.474 e. The van der Waals surface area contributed by atoms with Gasteiger partial charge in [0.25, 0.3) is 5.88 Å². The van der Waals surface area contributed by atoms with Gasteiger partial charge in [-0.3, -0.25) is 9.93 Å². The van der Waals surface area contributed by atoms with Crippen LogP contribution in [0.4, 0.5) is 17.7 Å². The van der Waals surface area contributed by atoms with Crippen LogP contribution < -0.4 is 9.68 Å². The van der Waals surface area contributed by atoms with Crippen molar-refractivity contribution in [1.29, 1.82) is 0 Å². The van der Waals surface area contributed by atoms with Gasteiger partial charge in [-0.15, -0.1) is 0 Å². The first kappa shape index (κ1) is 21.7. The van der Waals surface area contributed by atoms with Crippen LogP contribution in [0.25, 0.3) is 0 Å². The van der Waals surface area contributed by atoms with Crippen LogP contribution in [0.1, 0.15) is 12.1 Å². The summed E-state index contributed by atoms with van der Waals surface area (Å²) in [5, 5.41) is 19.1. The van der Waals surface area contributed by atoms with E-state index in [9.17, 15) is 27.9 Å². The third-order valence-corrected chi connectivity index (χ3v) is 3.55. The van der Waals surface area contributed by atoms with Crippen LogP contribution in [0, 0.1) is 0 Å². The third-order valence-electron chi connectivity index (χ3n) is 3.55. The highest BCUT2D eigenvalue weighted by molar-refractivity contribution is 5.17. The molecule has 3 unspecified atom stereocenters. The smallest absolute Gasteiger partial charge is 0.433 e. The van der Waals surface area contributed by atoms with E-state index >= 15 is 0 Å². The standard InChI is InChI=1S/C10H14N2O4.C6H3F4NO/c13-7-1-4-15-8(10(7)14)6-16-9-5-11-2-3-12-9;7-6(8,9)4-2-1-3-5(11-4)12-10/h2-3,5,7-8,10,13-14H,1,4,6H2;1-3H. The number of aliphatic hydroxyl groups excluding tert-OH is 2. The van der Waals surface area contributed by atoms with Gasteiger partial charge in [-0.05, 0) is 12.5 Å². The number of halogens is 4. The lowest BCUT2D eigenvalue weighted by atomic mass is 10.0. The first-order chi connectivity index (χ1) is 13.3. The van der Waals surface area contributed by atoms with E-state index in [2.05, 4.69) is 19.9 Å². The van der Waals surface area contributed by atoms with Crippen LogP contribution in [0.15, 0.2) is 36.8 Å². The molecule has 2 aromatic heterocycles. The Hall–Kier alpha value is -2.57. The fraction of sp³-hybridized carbons (Fsp3) is 0.438. The molecular weight excluding hydrogens is 390 g/mol. The van der Waals surface area contributed by atoms with Crippen molar-refractivity contribution >= 4 is 0 Å². The van der Waals surface area contributed by atoms with E-state index in [0.29, 0.717) is 18.9 Å². The normalized spacial score (nSPS) is 22.0. The highest BCUT2D eigenvalue weighted by Gasteiger charge is 2.33. The lowest BCUT2D eigenvalue weighted by Crippen LogP contribution is -2.47. The zero-order chi connectivity index (χ0) is 20.6. The van der Waals surface area contributed by atoms with E-state index in [1.54, 1.807) is 6.20 Å². The molecule has 0 spiro atoms. The van der Waals surface area contributed by atoms with E-state index < -0.39 is 36.1 Å². The molecule has 1 aliphatic heterocycles.